The van der Waals surface area contributed by atoms with Crippen molar-refractivity contribution in [1.29, 1.82) is 0 Å². The number of aromatic nitrogens is 2. The number of anilines is 1. The molecule has 0 bridgehead atoms. The fraction of sp³-hybridized carbons (Fsp3) is 0.400. The summed E-state index contributed by atoms with van der Waals surface area (Å²) in [4.78, 5) is 22.7. The second-order valence-corrected chi connectivity index (χ2v) is 11.3. The van der Waals surface area contributed by atoms with Crippen LogP contribution < -0.4 is 9.64 Å². The summed E-state index contributed by atoms with van der Waals surface area (Å²) >= 11 is 12.9. The highest BCUT2D eigenvalue weighted by Crippen LogP contribution is 2.36. The van der Waals surface area contributed by atoms with Crippen LogP contribution >= 0.6 is 37.9 Å². The highest BCUT2D eigenvalue weighted by molar-refractivity contribution is 8.17. The van der Waals surface area contributed by atoms with Crippen molar-refractivity contribution in [2.75, 3.05) is 25.2 Å². The number of carbonyl (C=O) groups excluding carboxylic acids is 1. The number of methoxy groups -OCH3 is 1. The summed E-state index contributed by atoms with van der Waals surface area (Å²) in [6, 6.07) is 9.79. The first-order valence-corrected chi connectivity index (χ1v) is 12.6. The fourth-order valence-electron chi connectivity index (χ4n) is 3.03. The van der Waals surface area contributed by atoms with Gasteiger partial charge in [-0.05, 0) is 45.0 Å². The Kier molecular flexibility index (Phi) is 10.7. The Bertz CT molecular complexity index is 1180. The summed E-state index contributed by atoms with van der Waals surface area (Å²) in [5.41, 5.74) is 0.512. The Morgan fingerprint density at radius 3 is 2.36 bits per heavy atom. The molecule has 1 amide bonds. The minimum absolute atomic E-state index is 0.186. The van der Waals surface area contributed by atoms with Gasteiger partial charge in [0.2, 0.25) is 0 Å². The van der Waals surface area contributed by atoms with E-state index < -0.39 is 21.0 Å². The molecule has 0 unspecified atom stereocenters. The van der Waals surface area contributed by atoms with Gasteiger partial charge >= 0.3 is 6.09 Å². The number of benzene rings is 1. The number of rotatable bonds is 7. The topological polar surface area (TPSA) is 73.8 Å². The summed E-state index contributed by atoms with van der Waals surface area (Å²) in [6.07, 6.45) is 0.772. The SMILES string of the molecule is CC.COCCOc1cc(F)c2nc(-c3ccnc(N(C(=O)OC(C)(C)C)C(S)(S)S)c3)ccc2c1. The van der Waals surface area contributed by atoms with Gasteiger partial charge in [0.15, 0.2) is 9.35 Å². The zero-order chi connectivity index (χ0) is 27.1. The third-order valence-electron chi connectivity index (χ3n) is 4.42. The van der Waals surface area contributed by atoms with Gasteiger partial charge in [0, 0.05) is 30.3 Å². The van der Waals surface area contributed by atoms with Crippen LogP contribution in [0.1, 0.15) is 34.6 Å². The molecule has 0 saturated carbocycles. The van der Waals surface area contributed by atoms with Crippen molar-refractivity contribution in [2.24, 2.45) is 0 Å². The molecule has 0 atom stereocenters. The number of nitrogens with zero attached hydrogens (tertiary/aromatic N) is 3. The van der Waals surface area contributed by atoms with Crippen LogP contribution in [-0.2, 0) is 9.47 Å². The van der Waals surface area contributed by atoms with E-state index >= 15 is 0 Å². The Morgan fingerprint density at radius 1 is 1.06 bits per heavy atom. The largest absolute Gasteiger partial charge is 0.491 e. The molecule has 3 aromatic rings. The maximum atomic E-state index is 14.8. The van der Waals surface area contributed by atoms with Gasteiger partial charge in [-0.3, -0.25) is 0 Å². The normalized spacial score (nSPS) is 11.5. The van der Waals surface area contributed by atoms with E-state index in [0.717, 1.165) is 4.90 Å². The molecule has 0 N–H and O–H groups in total. The fourth-order valence-corrected chi connectivity index (χ4v) is 3.58. The molecule has 0 spiro atoms. The van der Waals surface area contributed by atoms with Crippen molar-refractivity contribution in [3.63, 3.8) is 0 Å². The number of hydrogen-bond donors (Lipinski definition) is 3. The average Bonchev–Trinajstić information content (AvgIpc) is 2.78. The van der Waals surface area contributed by atoms with Gasteiger partial charge in [0.05, 0.1) is 12.3 Å². The van der Waals surface area contributed by atoms with Crippen LogP contribution in [0, 0.1) is 5.82 Å². The van der Waals surface area contributed by atoms with Crippen LogP contribution in [0.5, 0.6) is 5.75 Å². The van der Waals surface area contributed by atoms with Crippen molar-refractivity contribution < 1.29 is 23.4 Å². The van der Waals surface area contributed by atoms with Gasteiger partial charge in [-0.2, -0.15) is 0 Å². The first kappa shape index (κ1) is 30.0. The van der Waals surface area contributed by atoms with Crippen LogP contribution in [0.25, 0.3) is 22.2 Å². The highest BCUT2D eigenvalue weighted by Gasteiger charge is 2.35. The zero-order valence-corrected chi connectivity index (χ0v) is 23.8. The van der Waals surface area contributed by atoms with E-state index in [1.54, 1.807) is 58.2 Å². The van der Waals surface area contributed by atoms with Gasteiger partial charge in [0.25, 0.3) is 0 Å². The molecule has 196 valence electrons. The first-order valence-electron chi connectivity index (χ1n) is 11.3. The van der Waals surface area contributed by atoms with Crippen LogP contribution in [0.15, 0.2) is 42.6 Å². The van der Waals surface area contributed by atoms with E-state index in [1.807, 2.05) is 13.8 Å². The molecule has 1 aromatic carbocycles. The second kappa shape index (κ2) is 12.8. The number of amides is 1. The van der Waals surface area contributed by atoms with E-state index in [1.165, 1.54) is 12.3 Å². The van der Waals surface area contributed by atoms with E-state index in [9.17, 15) is 9.18 Å². The van der Waals surface area contributed by atoms with Gasteiger partial charge in [-0.25, -0.2) is 24.1 Å². The third-order valence-corrected chi connectivity index (χ3v) is 5.02. The predicted molar refractivity (Wildman–Crippen MR) is 152 cm³/mol. The summed E-state index contributed by atoms with van der Waals surface area (Å²) in [5, 5.41) is 0.584. The minimum Gasteiger partial charge on any atom is -0.491 e. The quantitative estimate of drug-likeness (QED) is 0.173. The predicted octanol–water partition coefficient (Wildman–Crippen LogP) is 6.63. The van der Waals surface area contributed by atoms with E-state index in [-0.39, 0.29) is 11.3 Å². The Morgan fingerprint density at radius 2 is 1.75 bits per heavy atom. The zero-order valence-electron chi connectivity index (χ0n) is 21.1. The van der Waals surface area contributed by atoms with Crippen molar-refractivity contribution in [1.82, 2.24) is 9.97 Å². The Balaban J connectivity index is 0.00000222. The monoisotopic (exact) mass is 553 g/mol. The highest BCUT2D eigenvalue weighted by atomic mass is 32.2. The van der Waals surface area contributed by atoms with Gasteiger partial charge < -0.3 is 14.2 Å². The number of fused-ring (bicyclic) bond motifs is 1. The summed E-state index contributed by atoms with van der Waals surface area (Å²) in [6.45, 7) is 9.93. The molecule has 0 aliphatic rings. The van der Waals surface area contributed by atoms with Gasteiger partial charge in [0.1, 0.15) is 29.3 Å². The van der Waals surface area contributed by atoms with Crippen LogP contribution in [-0.4, -0.2) is 45.5 Å². The second-order valence-electron chi connectivity index (χ2n) is 8.33. The molecule has 2 aromatic heterocycles. The number of hydrogen-bond acceptors (Lipinski definition) is 9. The lowest BCUT2D eigenvalue weighted by molar-refractivity contribution is 0.0581. The maximum absolute atomic E-state index is 14.8. The Hall–Kier alpha value is -2.21. The number of pyridine rings is 2. The van der Waals surface area contributed by atoms with Gasteiger partial charge in [-0.1, -0.05) is 19.9 Å². The van der Waals surface area contributed by atoms with Crippen LogP contribution in [0.4, 0.5) is 15.0 Å². The molecular formula is C25H32FN3O4S3. The minimum atomic E-state index is -1.50. The average molecular weight is 554 g/mol. The molecule has 0 fully saturated rings. The van der Waals surface area contributed by atoms with Gasteiger partial charge in [-0.15, -0.1) is 37.9 Å². The molecule has 7 nitrogen and oxygen atoms in total. The summed E-state index contributed by atoms with van der Waals surface area (Å²) < 4.78 is 29.2. The van der Waals surface area contributed by atoms with Crippen molar-refractivity contribution in [2.45, 2.75) is 43.8 Å². The number of ether oxygens (including phenoxy) is 3. The number of halogens is 1. The standard InChI is InChI=1S/C23H26FN3O4S3.C2H6/c1-22(2,3)31-21(28)27(23(32,33)34)19-12-14(7-8-25-19)18-6-5-15-11-16(30-10-9-29-4)13-17(24)20(15)26-18;1-2/h5-8,11-13,32-34H,9-10H2,1-4H3;1-2H3. The van der Waals surface area contributed by atoms with Crippen LogP contribution in [0.3, 0.4) is 0 Å². The molecule has 36 heavy (non-hydrogen) atoms. The molecule has 0 radical (unpaired) electrons. The summed E-state index contributed by atoms with van der Waals surface area (Å²) in [5.74, 6) is 0.0657. The molecule has 0 aliphatic carbocycles. The lowest BCUT2D eigenvalue weighted by Crippen LogP contribution is -2.44. The first-order chi connectivity index (χ1) is 16.9. The number of thiol groups is 3. The molecule has 2 heterocycles. The lowest BCUT2D eigenvalue weighted by Gasteiger charge is -2.33. The summed E-state index contributed by atoms with van der Waals surface area (Å²) in [7, 11) is 1.57. The van der Waals surface area contributed by atoms with E-state index in [2.05, 4.69) is 47.9 Å². The molecule has 11 heteroatoms. The maximum Gasteiger partial charge on any atom is 0.418 e. The number of carbonyl (C=O) groups is 1. The van der Waals surface area contributed by atoms with Crippen LogP contribution in [0.2, 0.25) is 0 Å². The lowest BCUT2D eigenvalue weighted by atomic mass is 10.1. The smallest absolute Gasteiger partial charge is 0.418 e. The molecule has 0 aliphatic heterocycles. The molecule has 0 saturated heterocycles. The van der Waals surface area contributed by atoms with Crippen molar-refractivity contribution in [3.05, 3.63) is 48.4 Å². The molecular weight excluding hydrogens is 521 g/mol. The Labute approximate surface area is 228 Å². The van der Waals surface area contributed by atoms with E-state index in [4.69, 9.17) is 14.2 Å². The molecule has 3 rings (SSSR count). The van der Waals surface area contributed by atoms with Crippen molar-refractivity contribution >= 4 is 60.7 Å². The van der Waals surface area contributed by atoms with E-state index in [0.29, 0.717) is 35.6 Å². The third kappa shape index (κ3) is 8.16. The van der Waals surface area contributed by atoms with Crippen molar-refractivity contribution in [3.8, 4) is 17.0 Å².